The van der Waals surface area contributed by atoms with Gasteiger partial charge >= 0.3 is 0 Å². The Morgan fingerprint density at radius 2 is 2.32 bits per heavy atom. The Kier molecular flexibility index (Phi) is 4.96. The van der Waals surface area contributed by atoms with E-state index in [-0.39, 0.29) is 6.10 Å². The third kappa shape index (κ3) is 4.18. The fourth-order valence-electron chi connectivity index (χ4n) is 3.09. The molecule has 4 heterocycles. The van der Waals surface area contributed by atoms with Crippen molar-refractivity contribution in [1.29, 1.82) is 0 Å². The number of hydrogen-bond donors (Lipinski definition) is 0. The lowest BCUT2D eigenvalue weighted by Gasteiger charge is -2.32. The summed E-state index contributed by atoms with van der Waals surface area (Å²) in [5, 5.41) is 3.98. The zero-order chi connectivity index (χ0) is 17.1. The van der Waals surface area contributed by atoms with Gasteiger partial charge in [0.25, 0.3) is 5.89 Å². The van der Waals surface area contributed by atoms with Crippen LogP contribution < -0.4 is 0 Å². The number of furan rings is 1. The topological polar surface area (TPSA) is 64.5 Å². The van der Waals surface area contributed by atoms with Crippen LogP contribution in [-0.4, -0.2) is 34.2 Å². The first-order valence-electron chi connectivity index (χ1n) is 8.51. The molecular weight excluding hydrogens is 338 g/mol. The van der Waals surface area contributed by atoms with Gasteiger partial charge in [0.05, 0.1) is 17.9 Å². The SMILES string of the molecule is Cc1ccc(CN2CCCC(OCc3noc(-c4ccoc4)n3)C2)s1. The molecule has 0 aliphatic carbocycles. The highest BCUT2D eigenvalue weighted by atomic mass is 32.1. The highest BCUT2D eigenvalue weighted by Gasteiger charge is 2.21. The van der Waals surface area contributed by atoms with Crippen LogP contribution in [0.3, 0.4) is 0 Å². The molecule has 0 aromatic carbocycles. The minimum atomic E-state index is 0.214. The fourth-order valence-corrected chi connectivity index (χ4v) is 4.02. The summed E-state index contributed by atoms with van der Waals surface area (Å²) < 4.78 is 16.3. The molecule has 3 aromatic heterocycles. The van der Waals surface area contributed by atoms with E-state index >= 15 is 0 Å². The zero-order valence-electron chi connectivity index (χ0n) is 14.2. The lowest BCUT2D eigenvalue weighted by Crippen LogP contribution is -2.39. The Bertz CT molecular complexity index is 796. The van der Waals surface area contributed by atoms with Crippen LogP contribution in [0.1, 0.15) is 28.4 Å². The van der Waals surface area contributed by atoms with Gasteiger partial charge in [0.1, 0.15) is 12.9 Å². The highest BCUT2D eigenvalue weighted by Crippen LogP contribution is 2.22. The molecule has 0 radical (unpaired) electrons. The Balaban J connectivity index is 1.29. The number of thiophene rings is 1. The summed E-state index contributed by atoms with van der Waals surface area (Å²) in [6, 6.07) is 6.20. The first-order chi connectivity index (χ1) is 12.3. The Hall–Kier alpha value is -1.96. The van der Waals surface area contributed by atoms with E-state index in [1.807, 2.05) is 11.3 Å². The van der Waals surface area contributed by atoms with E-state index in [1.54, 1.807) is 18.6 Å². The molecule has 1 aliphatic heterocycles. The first kappa shape index (κ1) is 16.5. The number of likely N-dealkylation sites (tertiary alicyclic amines) is 1. The molecule has 0 amide bonds. The first-order valence-corrected chi connectivity index (χ1v) is 9.32. The second-order valence-electron chi connectivity index (χ2n) is 6.35. The van der Waals surface area contributed by atoms with Crippen molar-refractivity contribution in [3.05, 3.63) is 46.3 Å². The van der Waals surface area contributed by atoms with Crippen molar-refractivity contribution >= 4 is 11.3 Å². The standard InChI is InChI=1S/C18H21N3O3S/c1-13-4-5-16(25-13)10-21-7-2-3-15(9-21)23-12-17-19-18(24-20-17)14-6-8-22-11-14/h4-6,8,11,15H,2-3,7,9-10,12H2,1H3. The molecular formula is C18H21N3O3S. The van der Waals surface area contributed by atoms with Gasteiger partial charge < -0.3 is 13.7 Å². The van der Waals surface area contributed by atoms with Gasteiger partial charge in [-0.15, -0.1) is 11.3 Å². The van der Waals surface area contributed by atoms with E-state index < -0.39 is 0 Å². The van der Waals surface area contributed by atoms with Gasteiger partial charge in [-0.2, -0.15) is 4.98 Å². The second-order valence-corrected chi connectivity index (χ2v) is 7.72. The average molecular weight is 359 g/mol. The molecule has 1 aliphatic rings. The Labute approximate surface area is 150 Å². The van der Waals surface area contributed by atoms with Crippen LogP contribution in [0.2, 0.25) is 0 Å². The number of nitrogens with zero attached hydrogens (tertiary/aromatic N) is 3. The predicted molar refractivity (Wildman–Crippen MR) is 94.1 cm³/mol. The monoisotopic (exact) mass is 359 g/mol. The minimum Gasteiger partial charge on any atom is -0.472 e. The smallest absolute Gasteiger partial charge is 0.261 e. The molecule has 0 bridgehead atoms. The molecule has 6 nitrogen and oxygen atoms in total. The minimum absolute atomic E-state index is 0.214. The number of aryl methyl sites for hydroxylation is 1. The van der Waals surface area contributed by atoms with E-state index in [0.29, 0.717) is 18.3 Å². The van der Waals surface area contributed by atoms with Crippen molar-refractivity contribution in [2.45, 2.75) is 39.0 Å². The quantitative estimate of drug-likeness (QED) is 0.665. The zero-order valence-corrected chi connectivity index (χ0v) is 15.0. The lowest BCUT2D eigenvalue weighted by molar-refractivity contribution is -0.0149. The van der Waals surface area contributed by atoms with Gasteiger partial charge in [0.15, 0.2) is 5.82 Å². The summed E-state index contributed by atoms with van der Waals surface area (Å²) in [7, 11) is 0. The summed E-state index contributed by atoms with van der Waals surface area (Å²) in [5.41, 5.74) is 0.786. The van der Waals surface area contributed by atoms with Crippen LogP contribution in [0.5, 0.6) is 0 Å². The van der Waals surface area contributed by atoms with Gasteiger partial charge in [-0.3, -0.25) is 4.90 Å². The summed E-state index contributed by atoms with van der Waals surface area (Å²) >= 11 is 1.87. The molecule has 1 unspecified atom stereocenters. The van der Waals surface area contributed by atoms with E-state index in [9.17, 15) is 0 Å². The maximum absolute atomic E-state index is 6.03. The van der Waals surface area contributed by atoms with Crippen LogP contribution in [0, 0.1) is 6.92 Å². The molecule has 0 saturated carbocycles. The lowest BCUT2D eigenvalue weighted by atomic mass is 10.1. The molecule has 1 atom stereocenters. The molecule has 132 valence electrons. The Morgan fingerprint density at radius 3 is 3.12 bits per heavy atom. The summed E-state index contributed by atoms with van der Waals surface area (Å²) in [6.07, 6.45) is 5.62. The van der Waals surface area contributed by atoms with Gasteiger partial charge in [-0.25, -0.2) is 0 Å². The number of rotatable bonds is 6. The van der Waals surface area contributed by atoms with Crippen LogP contribution in [0.25, 0.3) is 11.5 Å². The maximum atomic E-state index is 6.03. The van der Waals surface area contributed by atoms with Gasteiger partial charge in [-0.05, 0) is 44.5 Å². The van der Waals surface area contributed by atoms with Crippen molar-refractivity contribution < 1.29 is 13.7 Å². The van der Waals surface area contributed by atoms with Crippen molar-refractivity contribution in [2.24, 2.45) is 0 Å². The second kappa shape index (κ2) is 7.51. The largest absolute Gasteiger partial charge is 0.472 e. The molecule has 0 spiro atoms. The Morgan fingerprint density at radius 1 is 1.36 bits per heavy atom. The number of piperidine rings is 1. The van der Waals surface area contributed by atoms with Gasteiger partial charge in [-0.1, -0.05) is 5.16 Å². The van der Waals surface area contributed by atoms with Crippen LogP contribution >= 0.6 is 11.3 Å². The summed E-state index contributed by atoms with van der Waals surface area (Å²) in [4.78, 5) is 9.60. The van der Waals surface area contributed by atoms with E-state index in [4.69, 9.17) is 13.7 Å². The molecule has 1 fully saturated rings. The number of ether oxygens (including phenoxy) is 1. The molecule has 1 saturated heterocycles. The highest BCUT2D eigenvalue weighted by molar-refractivity contribution is 7.11. The maximum Gasteiger partial charge on any atom is 0.261 e. The van der Waals surface area contributed by atoms with Crippen LogP contribution in [0.15, 0.2) is 39.7 Å². The van der Waals surface area contributed by atoms with Gasteiger partial charge in [0, 0.05) is 22.8 Å². The molecule has 4 rings (SSSR count). The van der Waals surface area contributed by atoms with Crippen LogP contribution in [-0.2, 0) is 17.9 Å². The third-order valence-electron chi connectivity index (χ3n) is 4.32. The molecule has 0 N–H and O–H groups in total. The third-order valence-corrected chi connectivity index (χ3v) is 5.31. The van der Waals surface area contributed by atoms with Crippen LogP contribution in [0.4, 0.5) is 0 Å². The molecule has 25 heavy (non-hydrogen) atoms. The molecule has 3 aromatic rings. The van der Waals surface area contributed by atoms with Crippen molar-refractivity contribution in [3.63, 3.8) is 0 Å². The number of hydrogen-bond acceptors (Lipinski definition) is 7. The summed E-state index contributed by atoms with van der Waals surface area (Å²) in [6.45, 7) is 5.61. The van der Waals surface area contributed by atoms with Gasteiger partial charge in [0.2, 0.25) is 0 Å². The normalized spacial score (nSPS) is 18.7. The van der Waals surface area contributed by atoms with E-state index in [1.165, 1.54) is 9.75 Å². The number of aromatic nitrogens is 2. The predicted octanol–water partition coefficient (Wildman–Crippen LogP) is 3.88. The van der Waals surface area contributed by atoms with E-state index in [0.717, 1.165) is 38.0 Å². The van der Waals surface area contributed by atoms with E-state index in [2.05, 4.69) is 34.1 Å². The fraction of sp³-hybridized carbons (Fsp3) is 0.444. The molecule has 7 heteroatoms. The van der Waals surface area contributed by atoms with Crippen molar-refractivity contribution in [3.8, 4) is 11.5 Å². The summed E-state index contributed by atoms with van der Waals surface area (Å²) in [5.74, 6) is 1.04. The van der Waals surface area contributed by atoms with Crippen molar-refractivity contribution in [1.82, 2.24) is 15.0 Å². The average Bonchev–Trinajstić information content (AvgIpc) is 3.35. The van der Waals surface area contributed by atoms with Crippen molar-refractivity contribution in [2.75, 3.05) is 13.1 Å².